The van der Waals surface area contributed by atoms with E-state index in [9.17, 15) is 10.2 Å². The second-order valence-corrected chi connectivity index (χ2v) is 3.73. The maximum atomic E-state index is 9.41. The molecule has 0 saturated heterocycles. The summed E-state index contributed by atoms with van der Waals surface area (Å²) in [6.07, 6.45) is 2.52. The van der Waals surface area contributed by atoms with Crippen molar-refractivity contribution in [1.82, 2.24) is 10.5 Å². The number of benzene rings is 1. The molecule has 0 unspecified atom stereocenters. The molecule has 1 aromatic heterocycles. The van der Waals surface area contributed by atoms with E-state index in [0.717, 1.165) is 17.4 Å². The van der Waals surface area contributed by atoms with Crippen LogP contribution in [-0.2, 0) is 11.3 Å². The van der Waals surface area contributed by atoms with Crippen LogP contribution in [0.5, 0.6) is 11.5 Å². The van der Waals surface area contributed by atoms with Crippen LogP contribution in [0.15, 0.2) is 24.4 Å². The van der Waals surface area contributed by atoms with E-state index in [1.54, 1.807) is 13.3 Å². The molecule has 0 aliphatic heterocycles. The van der Waals surface area contributed by atoms with Crippen molar-refractivity contribution in [2.45, 2.75) is 20.3 Å². The van der Waals surface area contributed by atoms with Gasteiger partial charge in [-0.1, -0.05) is 13.8 Å². The number of hydroxylamine groups is 1. The molecule has 2 rings (SSSR count). The monoisotopic (exact) mass is 264 g/mol. The zero-order valence-corrected chi connectivity index (χ0v) is 11.5. The number of phenolic OH excluding ortho intramolecular Hbond substituents is 2. The van der Waals surface area contributed by atoms with Gasteiger partial charge >= 0.3 is 0 Å². The molecule has 3 N–H and O–H groups in total. The van der Waals surface area contributed by atoms with Gasteiger partial charge in [-0.25, -0.2) is 5.48 Å². The molecule has 104 valence electrons. The molecule has 0 atom stereocenters. The van der Waals surface area contributed by atoms with Crippen LogP contribution >= 0.6 is 0 Å². The maximum Gasteiger partial charge on any atom is 0.159 e. The number of nitrogens with one attached hydrogen (secondary N) is 1. The third-order valence-electron chi connectivity index (χ3n) is 2.49. The first-order chi connectivity index (χ1) is 9.20. The van der Waals surface area contributed by atoms with E-state index in [-0.39, 0.29) is 11.5 Å². The highest BCUT2D eigenvalue weighted by molar-refractivity contribution is 5.82. The number of hydrogen-bond donors (Lipinski definition) is 3. The fourth-order valence-electron chi connectivity index (χ4n) is 1.63. The number of aromatic nitrogens is 1. The summed E-state index contributed by atoms with van der Waals surface area (Å²) in [5.74, 6) is -0.287. The fraction of sp³-hybridized carbons (Fsp3) is 0.357. The molecule has 0 bridgehead atoms. The van der Waals surface area contributed by atoms with Crippen LogP contribution in [-0.4, -0.2) is 28.9 Å². The molecule has 0 saturated carbocycles. The molecule has 5 heteroatoms. The number of nitrogens with zero attached hydrogens (tertiary/aromatic N) is 1. The minimum atomic E-state index is -0.154. The van der Waals surface area contributed by atoms with Crippen LogP contribution in [0, 0.1) is 0 Å². The summed E-state index contributed by atoms with van der Waals surface area (Å²) in [4.78, 5) is 8.96. The zero-order chi connectivity index (χ0) is 14.3. The first-order valence-electron chi connectivity index (χ1n) is 6.27. The lowest BCUT2D eigenvalue weighted by atomic mass is 10.1. The van der Waals surface area contributed by atoms with Crippen LogP contribution < -0.4 is 5.48 Å². The van der Waals surface area contributed by atoms with E-state index in [0.29, 0.717) is 12.1 Å². The third kappa shape index (κ3) is 4.08. The highest BCUT2D eigenvalue weighted by atomic mass is 16.6. The Bertz CT molecular complexity index is 529. The lowest BCUT2D eigenvalue weighted by Crippen LogP contribution is -2.15. The summed E-state index contributed by atoms with van der Waals surface area (Å²) in [5, 5.41) is 19.6. The molecule has 19 heavy (non-hydrogen) atoms. The summed E-state index contributed by atoms with van der Waals surface area (Å²) in [6.45, 7) is 4.69. The van der Waals surface area contributed by atoms with Crippen molar-refractivity contribution < 1.29 is 15.1 Å². The van der Waals surface area contributed by atoms with E-state index in [1.807, 2.05) is 19.9 Å². The SMILES string of the molecule is CC.CONCCc1cnc2cc(O)c(O)cc2c1. The smallest absolute Gasteiger partial charge is 0.159 e. The molecule has 1 aromatic carbocycles. The molecule has 1 heterocycles. The van der Waals surface area contributed by atoms with Crippen LogP contribution in [0.4, 0.5) is 0 Å². The van der Waals surface area contributed by atoms with Gasteiger partial charge in [-0.05, 0) is 24.1 Å². The Morgan fingerprint density at radius 2 is 1.84 bits per heavy atom. The Morgan fingerprint density at radius 3 is 2.53 bits per heavy atom. The van der Waals surface area contributed by atoms with Crippen LogP contribution in [0.1, 0.15) is 19.4 Å². The zero-order valence-electron chi connectivity index (χ0n) is 11.5. The van der Waals surface area contributed by atoms with Gasteiger partial charge in [0.25, 0.3) is 0 Å². The van der Waals surface area contributed by atoms with Gasteiger partial charge in [-0.2, -0.15) is 0 Å². The second kappa shape index (κ2) is 7.56. The molecule has 5 nitrogen and oxygen atoms in total. The summed E-state index contributed by atoms with van der Waals surface area (Å²) >= 11 is 0. The molecule has 0 aliphatic carbocycles. The van der Waals surface area contributed by atoms with Crippen molar-refractivity contribution in [1.29, 1.82) is 0 Å². The van der Waals surface area contributed by atoms with Gasteiger partial charge in [0.2, 0.25) is 0 Å². The quantitative estimate of drug-likeness (QED) is 0.449. The molecule has 0 aliphatic rings. The van der Waals surface area contributed by atoms with Crippen LogP contribution in [0.25, 0.3) is 10.9 Å². The average Bonchev–Trinajstić information content (AvgIpc) is 2.43. The van der Waals surface area contributed by atoms with E-state index in [2.05, 4.69) is 10.5 Å². The largest absolute Gasteiger partial charge is 0.504 e. The first-order valence-corrected chi connectivity index (χ1v) is 6.27. The number of phenols is 2. The lowest BCUT2D eigenvalue weighted by molar-refractivity contribution is 0.0928. The Morgan fingerprint density at radius 1 is 1.16 bits per heavy atom. The van der Waals surface area contributed by atoms with E-state index in [1.165, 1.54) is 12.1 Å². The topological polar surface area (TPSA) is 74.6 Å². The molecule has 0 radical (unpaired) electrons. The van der Waals surface area contributed by atoms with Crippen molar-refractivity contribution in [2.24, 2.45) is 0 Å². The fourth-order valence-corrected chi connectivity index (χ4v) is 1.63. The van der Waals surface area contributed by atoms with Gasteiger partial charge in [0.1, 0.15) is 0 Å². The van der Waals surface area contributed by atoms with Crippen molar-refractivity contribution in [3.05, 3.63) is 30.0 Å². The molecule has 0 fully saturated rings. The van der Waals surface area contributed by atoms with Gasteiger partial charge < -0.3 is 15.1 Å². The Kier molecular flexibility index (Phi) is 6.05. The Labute approximate surface area is 112 Å². The van der Waals surface area contributed by atoms with Crippen molar-refractivity contribution in [3.63, 3.8) is 0 Å². The number of fused-ring (bicyclic) bond motifs is 1. The van der Waals surface area contributed by atoms with E-state index < -0.39 is 0 Å². The number of hydrogen-bond acceptors (Lipinski definition) is 5. The Hall–Kier alpha value is -1.85. The average molecular weight is 264 g/mol. The third-order valence-corrected chi connectivity index (χ3v) is 2.49. The summed E-state index contributed by atoms with van der Waals surface area (Å²) in [7, 11) is 1.57. The van der Waals surface area contributed by atoms with E-state index in [4.69, 9.17) is 4.84 Å². The van der Waals surface area contributed by atoms with Gasteiger partial charge in [-0.15, -0.1) is 0 Å². The summed E-state index contributed by atoms with van der Waals surface area (Å²) in [6, 6.07) is 4.88. The number of pyridine rings is 1. The van der Waals surface area contributed by atoms with Crippen molar-refractivity contribution >= 4 is 10.9 Å². The van der Waals surface area contributed by atoms with Gasteiger partial charge in [0.05, 0.1) is 12.6 Å². The molecule has 0 amide bonds. The van der Waals surface area contributed by atoms with Crippen molar-refractivity contribution in [3.8, 4) is 11.5 Å². The van der Waals surface area contributed by atoms with Crippen molar-refractivity contribution in [2.75, 3.05) is 13.7 Å². The molecular formula is C14H20N2O3. The Balaban J connectivity index is 0.000000861. The maximum absolute atomic E-state index is 9.41. The lowest BCUT2D eigenvalue weighted by Gasteiger charge is -2.05. The standard InChI is InChI=1S/C12H14N2O3.C2H6/c1-17-14-3-2-8-4-9-5-11(15)12(16)6-10(9)13-7-8;1-2/h4-7,14-16H,2-3H2,1H3;1-2H3. The first kappa shape index (κ1) is 15.2. The normalized spacial score (nSPS) is 10.1. The second-order valence-electron chi connectivity index (χ2n) is 3.73. The highest BCUT2D eigenvalue weighted by Crippen LogP contribution is 2.29. The van der Waals surface area contributed by atoms with Crippen LogP contribution in [0.2, 0.25) is 0 Å². The van der Waals surface area contributed by atoms with Gasteiger partial charge in [0.15, 0.2) is 11.5 Å². The number of rotatable bonds is 4. The highest BCUT2D eigenvalue weighted by Gasteiger charge is 2.04. The number of aromatic hydroxyl groups is 2. The minimum Gasteiger partial charge on any atom is -0.504 e. The molecule has 2 aromatic rings. The summed E-state index contributed by atoms with van der Waals surface area (Å²) in [5.41, 5.74) is 4.44. The van der Waals surface area contributed by atoms with Gasteiger partial charge in [-0.3, -0.25) is 4.98 Å². The van der Waals surface area contributed by atoms with Gasteiger partial charge in [0, 0.05) is 24.2 Å². The summed E-state index contributed by atoms with van der Waals surface area (Å²) < 4.78 is 0. The van der Waals surface area contributed by atoms with Crippen LogP contribution in [0.3, 0.4) is 0 Å². The van der Waals surface area contributed by atoms with E-state index >= 15 is 0 Å². The minimum absolute atomic E-state index is 0.133. The molecule has 0 spiro atoms. The predicted octanol–water partition coefficient (Wildman–Crippen LogP) is 2.37. The molecular weight excluding hydrogens is 244 g/mol. The predicted molar refractivity (Wildman–Crippen MR) is 75.1 cm³/mol.